The Morgan fingerprint density at radius 3 is 2.63 bits per heavy atom. The van der Waals surface area contributed by atoms with Gasteiger partial charge in [-0.2, -0.15) is 0 Å². The van der Waals surface area contributed by atoms with Gasteiger partial charge in [0.15, 0.2) is 5.69 Å². The Morgan fingerprint density at radius 2 is 2.00 bits per heavy atom. The summed E-state index contributed by atoms with van der Waals surface area (Å²) in [7, 11) is 0. The molecule has 0 spiro atoms. The van der Waals surface area contributed by atoms with E-state index >= 15 is 0 Å². The largest absolute Gasteiger partial charge is 0.507 e. The highest BCUT2D eigenvalue weighted by atomic mass is 127. The van der Waals surface area contributed by atoms with Gasteiger partial charge in [-0.1, -0.05) is 11.2 Å². The Balaban J connectivity index is 1.35. The molecule has 2 aliphatic rings. The van der Waals surface area contributed by atoms with Crippen molar-refractivity contribution in [2.24, 2.45) is 11.7 Å². The second-order valence-electron chi connectivity index (χ2n) is 10.9. The molecule has 2 aromatic rings. The molecule has 4 rings (SSSR count). The number of likely N-dealkylation sites (tertiary alicyclic amines) is 1. The van der Waals surface area contributed by atoms with E-state index in [0.29, 0.717) is 56.8 Å². The van der Waals surface area contributed by atoms with Crippen LogP contribution in [0.3, 0.4) is 0 Å². The molecule has 2 fully saturated rings. The molecule has 1 aliphatic heterocycles. The number of nitrogens with two attached hydrogens (primary N) is 1. The average molecular weight is 638 g/mol. The molecule has 0 bridgehead atoms. The second-order valence-corrected chi connectivity index (χ2v) is 12.0. The quantitative estimate of drug-likeness (QED) is 0.217. The molecule has 1 saturated carbocycles. The van der Waals surface area contributed by atoms with Gasteiger partial charge in [-0.3, -0.25) is 9.59 Å². The third-order valence-corrected chi connectivity index (χ3v) is 8.02. The number of rotatable bonds is 11. The van der Waals surface area contributed by atoms with Crippen molar-refractivity contribution in [3.8, 4) is 5.75 Å². The van der Waals surface area contributed by atoms with Crippen LogP contribution < -0.4 is 16.4 Å². The minimum Gasteiger partial charge on any atom is -0.507 e. The van der Waals surface area contributed by atoms with E-state index in [1.165, 1.54) is 0 Å². The zero-order chi connectivity index (χ0) is 27.4. The fraction of sp³-hybridized carbons (Fsp3) is 0.556. The van der Waals surface area contributed by atoms with Crippen LogP contribution in [-0.2, 0) is 16.0 Å². The number of phenolic OH excluding ortho intramolecular Hbond substituents is 1. The molecule has 1 aromatic carbocycles. The van der Waals surface area contributed by atoms with Gasteiger partial charge in [0.2, 0.25) is 5.91 Å². The van der Waals surface area contributed by atoms with Gasteiger partial charge in [-0.05, 0) is 85.7 Å². The molecule has 5 N–H and O–H groups in total. The number of aromatic nitrogens is 1. The number of benzene rings is 1. The first-order valence-electron chi connectivity index (χ1n) is 13.1. The van der Waals surface area contributed by atoms with Gasteiger partial charge >= 0.3 is 0 Å². The van der Waals surface area contributed by atoms with Gasteiger partial charge < -0.3 is 35.7 Å². The number of hydrogen-bond donors (Lipinski definition) is 4. The van der Waals surface area contributed by atoms with Crippen LogP contribution in [0.5, 0.6) is 5.75 Å². The van der Waals surface area contributed by atoms with Crippen LogP contribution >= 0.6 is 22.6 Å². The zero-order valence-electron chi connectivity index (χ0n) is 21.8. The lowest BCUT2D eigenvalue weighted by molar-refractivity contribution is -0.136. The fourth-order valence-corrected chi connectivity index (χ4v) is 5.56. The summed E-state index contributed by atoms with van der Waals surface area (Å²) in [4.78, 5) is 39.3. The van der Waals surface area contributed by atoms with Gasteiger partial charge in [-0.15, -0.1) is 0 Å². The topological polar surface area (TPSA) is 151 Å². The third kappa shape index (κ3) is 7.32. The number of hydrogen-bond acceptors (Lipinski definition) is 8. The minimum atomic E-state index is -1.02. The number of halogens is 1. The Morgan fingerprint density at radius 1 is 1.29 bits per heavy atom. The highest BCUT2D eigenvalue weighted by molar-refractivity contribution is 14.1. The van der Waals surface area contributed by atoms with Crippen LogP contribution in [0.2, 0.25) is 0 Å². The number of carbonyl (C=O) groups excluding carboxylic acids is 3. The van der Waals surface area contributed by atoms with Crippen molar-refractivity contribution >= 4 is 40.7 Å². The highest BCUT2D eigenvalue weighted by Crippen LogP contribution is 2.40. The van der Waals surface area contributed by atoms with Gasteiger partial charge in [0.25, 0.3) is 5.91 Å². The Bertz CT molecular complexity index is 1150. The predicted octanol–water partition coefficient (Wildman–Crippen LogP) is 2.26. The van der Waals surface area contributed by atoms with Crippen LogP contribution in [-0.4, -0.2) is 71.0 Å². The van der Waals surface area contributed by atoms with E-state index < -0.39 is 5.54 Å². The molecule has 10 nitrogen and oxygen atoms in total. The second kappa shape index (κ2) is 12.1. The zero-order valence-corrected chi connectivity index (χ0v) is 24.0. The van der Waals surface area contributed by atoms with E-state index in [0.717, 1.165) is 33.3 Å². The van der Waals surface area contributed by atoms with Crippen molar-refractivity contribution < 1.29 is 24.0 Å². The smallest absolute Gasteiger partial charge is 0.273 e. The Hall–Kier alpha value is -2.51. The normalized spacial score (nSPS) is 18.6. The number of phenols is 1. The Labute approximate surface area is 236 Å². The predicted molar refractivity (Wildman–Crippen MR) is 150 cm³/mol. The number of aryl methyl sites for hydroxylation is 1. The first kappa shape index (κ1) is 28.5. The summed E-state index contributed by atoms with van der Waals surface area (Å²) in [5.74, 6) is 0.810. The summed E-state index contributed by atoms with van der Waals surface area (Å²) in [6.45, 7) is 5.15. The van der Waals surface area contributed by atoms with Gasteiger partial charge in [0.1, 0.15) is 17.8 Å². The van der Waals surface area contributed by atoms with E-state index in [1.54, 1.807) is 13.0 Å². The van der Waals surface area contributed by atoms with Crippen molar-refractivity contribution in [3.05, 3.63) is 44.4 Å². The number of carbonyl (C=O) groups is 3. The first-order valence-corrected chi connectivity index (χ1v) is 14.1. The lowest BCUT2D eigenvalue weighted by Gasteiger charge is -2.35. The fourth-order valence-electron chi connectivity index (χ4n) is 4.73. The van der Waals surface area contributed by atoms with E-state index in [9.17, 15) is 19.5 Å². The molecule has 1 aliphatic carbocycles. The van der Waals surface area contributed by atoms with E-state index in [2.05, 4.69) is 38.4 Å². The number of nitrogens with one attached hydrogen (secondary N) is 2. The first-order chi connectivity index (χ1) is 18.1. The summed E-state index contributed by atoms with van der Waals surface area (Å²) in [5, 5.41) is 20.3. The van der Waals surface area contributed by atoms with Crippen LogP contribution in [0.1, 0.15) is 65.9 Å². The molecule has 2 atom stereocenters. The Kier molecular flexibility index (Phi) is 9.09. The van der Waals surface area contributed by atoms with Gasteiger partial charge in [-0.25, -0.2) is 0 Å². The van der Waals surface area contributed by atoms with Crippen LogP contribution in [0.15, 0.2) is 22.7 Å². The monoisotopic (exact) mass is 637 g/mol. The standard InChI is InChI=1S/C27H36IN5O5/c1-16-9-17(11-21(28)24(16)35)10-19(13-30-14-27(2,29)15-34)26(37)33-7-5-20(6-8-33)31-25(36)22-12-23(38-32-22)18-3-4-18/h9,11-12,15,18-20,30,35H,3-8,10,13-14,29H2,1-2H3,(H,31,36)/t19-,27+/m1/s1. The van der Waals surface area contributed by atoms with E-state index in [1.807, 2.05) is 24.0 Å². The minimum absolute atomic E-state index is 0.0124. The molecule has 2 amide bonds. The third-order valence-electron chi connectivity index (χ3n) is 7.19. The van der Waals surface area contributed by atoms with Gasteiger partial charge in [0.05, 0.1) is 15.0 Å². The van der Waals surface area contributed by atoms with E-state index in [4.69, 9.17) is 10.3 Å². The average Bonchev–Trinajstić information content (AvgIpc) is 3.62. The summed E-state index contributed by atoms with van der Waals surface area (Å²) in [6.07, 6.45) is 4.63. The molecule has 1 aromatic heterocycles. The molecule has 38 heavy (non-hydrogen) atoms. The van der Waals surface area contributed by atoms with Crippen LogP contribution in [0, 0.1) is 16.4 Å². The van der Waals surface area contributed by atoms with Crippen molar-refractivity contribution in [1.82, 2.24) is 20.7 Å². The molecule has 206 valence electrons. The van der Waals surface area contributed by atoms with Crippen molar-refractivity contribution in [3.63, 3.8) is 0 Å². The SMILES string of the molecule is Cc1cc(C[C@H](CNC[C@](C)(N)C=O)C(=O)N2CCC(NC(=O)c3cc(C4CC4)on3)CC2)cc(I)c1O. The number of nitrogens with zero attached hydrogens (tertiary/aromatic N) is 2. The number of aromatic hydroxyl groups is 1. The van der Waals surface area contributed by atoms with Crippen molar-refractivity contribution in [1.29, 1.82) is 0 Å². The lowest BCUT2D eigenvalue weighted by Crippen LogP contribution is -2.51. The summed E-state index contributed by atoms with van der Waals surface area (Å²) < 4.78 is 6.03. The molecular formula is C27H36IN5O5. The maximum Gasteiger partial charge on any atom is 0.273 e. The highest BCUT2D eigenvalue weighted by Gasteiger charge is 2.32. The van der Waals surface area contributed by atoms with Crippen molar-refractivity contribution in [2.75, 3.05) is 26.2 Å². The van der Waals surface area contributed by atoms with E-state index in [-0.39, 0.29) is 36.1 Å². The number of amides is 2. The van der Waals surface area contributed by atoms with Crippen molar-refractivity contribution in [2.45, 2.75) is 63.5 Å². The molecule has 2 heterocycles. The van der Waals surface area contributed by atoms with Crippen LogP contribution in [0.25, 0.3) is 0 Å². The maximum absolute atomic E-state index is 13.6. The molecule has 11 heteroatoms. The van der Waals surface area contributed by atoms with Gasteiger partial charge in [0, 0.05) is 44.2 Å². The molecule has 0 unspecified atom stereocenters. The number of aldehydes is 1. The molecule has 0 radical (unpaired) electrons. The summed E-state index contributed by atoms with van der Waals surface area (Å²) in [6, 6.07) is 5.47. The molecule has 1 saturated heterocycles. The van der Waals surface area contributed by atoms with Crippen LogP contribution in [0.4, 0.5) is 0 Å². The maximum atomic E-state index is 13.6. The molecular weight excluding hydrogens is 601 g/mol. The lowest BCUT2D eigenvalue weighted by atomic mass is 9.94. The summed E-state index contributed by atoms with van der Waals surface area (Å²) >= 11 is 2.09. The number of piperidine rings is 1. The summed E-state index contributed by atoms with van der Waals surface area (Å²) in [5.41, 5.74) is 6.95.